The first-order chi connectivity index (χ1) is 7.20. The summed E-state index contributed by atoms with van der Waals surface area (Å²) in [4.78, 5) is 0. The molecule has 78 valence electrons. The average Bonchev–Trinajstić information content (AvgIpc) is 2.61. The van der Waals surface area contributed by atoms with Gasteiger partial charge in [-0.3, -0.25) is 0 Å². The van der Waals surface area contributed by atoms with Gasteiger partial charge in [-0.05, 0) is 23.6 Å². The van der Waals surface area contributed by atoms with Crippen molar-refractivity contribution in [2.45, 2.75) is 6.54 Å². The highest BCUT2D eigenvalue weighted by Crippen LogP contribution is 2.22. The van der Waals surface area contributed by atoms with Crippen molar-refractivity contribution in [1.29, 1.82) is 0 Å². The van der Waals surface area contributed by atoms with E-state index in [1.807, 2.05) is 35.0 Å². The Labute approximate surface area is 103 Å². The van der Waals surface area contributed by atoms with Crippen molar-refractivity contribution in [2.75, 3.05) is 0 Å². The summed E-state index contributed by atoms with van der Waals surface area (Å²) >= 11 is 17.3. The van der Waals surface area contributed by atoms with Crippen LogP contribution in [0.2, 0.25) is 5.02 Å². The fourth-order valence-corrected chi connectivity index (χ4v) is 1.86. The van der Waals surface area contributed by atoms with Crippen LogP contribution in [0.25, 0.3) is 10.9 Å². The van der Waals surface area contributed by atoms with Crippen LogP contribution in [0.1, 0.15) is 0 Å². The molecule has 15 heavy (non-hydrogen) atoms. The lowest BCUT2D eigenvalue weighted by Crippen LogP contribution is -1.95. The van der Waals surface area contributed by atoms with Crippen LogP contribution < -0.4 is 0 Å². The van der Waals surface area contributed by atoms with Gasteiger partial charge in [0, 0.05) is 27.3 Å². The fraction of sp³-hybridized carbons (Fsp3) is 0.0909. The van der Waals surface area contributed by atoms with Gasteiger partial charge in [-0.25, -0.2) is 0 Å². The number of allylic oxidation sites excluding steroid dienone is 1. The second kappa shape index (κ2) is 4.48. The minimum absolute atomic E-state index is 0.564. The van der Waals surface area contributed by atoms with Crippen LogP contribution in [0.3, 0.4) is 0 Å². The molecular weight excluding hydrogens is 252 g/mol. The van der Waals surface area contributed by atoms with Crippen molar-refractivity contribution in [3.8, 4) is 0 Å². The molecule has 1 heterocycles. The second-order valence-corrected chi connectivity index (χ2v) is 4.34. The van der Waals surface area contributed by atoms with Crippen LogP contribution in [0.4, 0.5) is 0 Å². The Bertz CT molecular complexity index is 514. The molecule has 0 aliphatic rings. The molecular formula is C11H8Cl3N. The number of halogens is 3. The molecule has 1 aromatic carbocycles. The molecule has 1 nitrogen and oxygen atoms in total. The summed E-state index contributed by atoms with van der Waals surface area (Å²) in [7, 11) is 0. The normalized spacial score (nSPS) is 12.3. The lowest BCUT2D eigenvalue weighted by atomic mass is 10.2. The van der Waals surface area contributed by atoms with E-state index >= 15 is 0 Å². The smallest absolute Gasteiger partial charge is 0.0592 e. The van der Waals surface area contributed by atoms with Crippen molar-refractivity contribution in [3.05, 3.63) is 46.1 Å². The molecule has 0 N–H and O–H groups in total. The zero-order valence-electron chi connectivity index (χ0n) is 7.75. The molecule has 0 unspecified atom stereocenters. The first-order valence-corrected chi connectivity index (χ1v) is 5.59. The number of benzene rings is 1. The number of rotatable bonds is 2. The fourth-order valence-electron chi connectivity index (χ4n) is 1.49. The predicted octanol–water partition coefficient (Wildman–Crippen LogP) is 4.61. The Hall–Kier alpha value is -0.630. The summed E-state index contributed by atoms with van der Waals surface area (Å²) < 4.78 is 2.00. The third-order valence-corrected chi connectivity index (χ3v) is 3.01. The molecule has 4 heteroatoms. The lowest BCUT2D eigenvalue weighted by molar-refractivity contribution is 0.852. The Kier molecular flexibility index (Phi) is 3.25. The quantitative estimate of drug-likeness (QED) is 0.743. The molecule has 0 aliphatic heterocycles. The summed E-state index contributed by atoms with van der Waals surface area (Å²) in [5.74, 6) is 0. The Balaban J connectivity index is 2.48. The maximum atomic E-state index is 5.93. The van der Waals surface area contributed by atoms with Crippen LogP contribution in [-0.4, -0.2) is 4.57 Å². The maximum Gasteiger partial charge on any atom is 0.0592 e. The van der Waals surface area contributed by atoms with E-state index in [2.05, 4.69) is 0 Å². The molecule has 0 radical (unpaired) electrons. The molecule has 2 aromatic rings. The van der Waals surface area contributed by atoms with Crippen molar-refractivity contribution in [2.24, 2.45) is 0 Å². The minimum Gasteiger partial charge on any atom is -0.342 e. The maximum absolute atomic E-state index is 5.93. The molecule has 1 aromatic heterocycles. The van der Waals surface area contributed by atoms with Gasteiger partial charge < -0.3 is 4.57 Å². The monoisotopic (exact) mass is 259 g/mol. The van der Waals surface area contributed by atoms with Gasteiger partial charge in [0.15, 0.2) is 0 Å². The van der Waals surface area contributed by atoms with E-state index < -0.39 is 0 Å². The molecule has 0 atom stereocenters. The number of fused-ring (bicyclic) bond motifs is 1. The van der Waals surface area contributed by atoms with E-state index in [0.29, 0.717) is 16.6 Å². The molecule has 2 rings (SSSR count). The van der Waals surface area contributed by atoms with Gasteiger partial charge in [-0.2, -0.15) is 0 Å². The van der Waals surface area contributed by atoms with E-state index in [-0.39, 0.29) is 0 Å². The lowest BCUT2D eigenvalue weighted by Gasteiger charge is -2.03. The first kappa shape index (κ1) is 10.9. The third kappa shape index (κ3) is 2.31. The van der Waals surface area contributed by atoms with E-state index in [4.69, 9.17) is 34.8 Å². The molecule has 0 amide bonds. The molecule has 0 fully saturated rings. The van der Waals surface area contributed by atoms with Crippen molar-refractivity contribution in [3.63, 3.8) is 0 Å². The Morgan fingerprint density at radius 3 is 2.87 bits per heavy atom. The molecule has 0 saturated heterocycles. The van der Waals surface area contributed by atoms with Crippen LogP contribution in [0, 0.1) is 0 Å². The summed E-state index contributed by atoms with van der Waals surface area (Å²) in [6.45, 7) is 0.564. The van der Waals surface area contributed by atoms with Crippen molar-refractivity contribution >= 4 is 45.7 Å². The van der Waals surface area contributed by atoms with Crippen molar-refractivity contribution < 1.29 is 0 Å². The highest BCUT2D eigenvalue weighted by molar-refractivity contribution is 6.36. The molecule has 0 saturated carbocycles. The standard InChI is InChI=1S/C11H8Cl3N/c12-6-10(14)7-15-4-3-8-1-2-9(13)5-11(8)15/h1-6H,7H2/b10-6+. The van der Waals surface area contributed by atoms with E-state index in [0.717, 1.165) is 10.9 Å². The van der Waals surface area contributed by atoms with Crippen LogP contribution in [0.15, 0.2) is 41.0 Å². The Morgan fingerprint density at radius 2 is 2.13 bits per heavy atom. The number of hydrogen-bond donors (Lipinski definition) is 0. The number of aromatic nitrogens is 1. The van der Waals surface area contributed by atoms with Gasteiger partial charge in [0.1, 0.15) is 0 Å². The zero-order chi connectivity index (χ0) is 10.8. The summed E-state index contributed by atoms with van der Waals surface area (Å²) in [6.07, 6.45) is 1.96. The summed E-state index contributed by atoms with van der Waals surface area (Å²) in [5.41, 5.74) is 2.43. The van der Waals surface area contributed by atoms with E-state index in [1.165, 1.54) is 5.54 Å². The van der Waals surface area contributed by atoms with Crippen LogP contribution >= 0.6 is 34.8 Å². The van der Waals surface area contributed by atoms with Crippen molar-refractivity contribution in [1.82, 2.24) is 4.57 Å². The number of nitrogens with zero attached hydrogens (tertiary/aromatic N) is 1. The molecule has 0 spiro atoms. The number of hydrogen-bond acceptors (Lipinski definition) is 0. The second-order valence-electron chi connectivity index (χ2n) is 3.20. The molecule has 0 aliphatic carbocycles. The van der Waals surface area contributed by atoms with Gasteiger partial charge in [0.2, 0.25) is 0 Å². The highest BCUT2D eigenvalue weighted by atomic mass is 35.5. The topological polar surface area (TPSA) is 4.93 Å². The van der Waals surface area contributed by atoms with Gasteiger partial charge in [0.05, 0.1) is 6.54 Å². The van der Waals surface area contributed by atoms with Gasteiger partial charge >= 0.3 is 0 Å². The van der Waals surface area contributed by atoms with Crippen LogP contribution in [-0.2, 0) is 6.54 Å². The van der Waals surface area contributed by atoms with Gasteiger partial charge in [0.25, 0.3) is 0 Å². The van der Waals surface area contributed by atoms with Crippen LogP contribution in [0.5, 0.6) is 0 Å². The van der Waals surface area contributed by atoms with E-state index in [9.17, 15) is 0 Å². The minimum atomic E-state index is 0.564. The Morgan fingerprint density at radius 1 is 1.33 bits per heavy atom. The van der Waals surface area contributed by atoms with Gasteiger partial charge in [-0.15, -0.1) is 0 Å². The predicted molar refractivity (Wildman–Crippen MR) is 66.7 cm³/mol. The SMILES string of the molecule is Cl/C=C(/Cl)Cn1ccc2ccc(Cl)cc21. The van der Waals surface area contributed by atoms with E-state index in [1.54, 1.807) is 0 Å². The summed E-state index contributed by atoms with van der Waals surface area (Å²) in [5, 5.41) is 2.45. The summed E-state index contributed by atoms with van der Waals surface area (Å²) in [6, 6.07) is 7.78. The zero-order valence-corrected chi connectivity index (χ0v) is 10.0. The first-order valence-electron chi connectivity index (χ1n) is 4.40. The van der Waals surface area contributed by atoms with Gasteiger partial charge in [-0.1, -0.05) is 40.9 Å². The largest absolute Gasteiger partial charge is 0.342 e. The molecule has 0 bridgehead atoms. The third-order valence-electron chi connectivity index (χ3n) is 2.18. The highest BCUT2D eigenvalue weighted by Gasteiger charge is 2.02. The average molecular weight is 261 g/mol.